The van der Waals surface area contributed by atoms with Gasteiger partial charge in [-0.3, -0.25) is 0 Å². The Morgan fingerprint density at radius 2 is 1.30 bits per heavy atom. The third-order valence-electron chi connectivity index (χ3n) is 10.0. The van der Waals surface area contributed by atoms with Crippen molar-refractivity contribution in [1.29, 1.82) is 0 Å². The second kappa shape index (κ2) is 15.5. The number of alkyl halides is 5. The molecule has 0 amide bonds. The fourth-order valence-corrected chi connectivity index (χ4v) is 7.33. The van der Waals surface area contributed by atoms with E-state index in [-0.39, 0.29) is 16.7 Å². The Hall–Kier alpha value is -4.79. The van der Waals surface area contributed by atoms with Crippen LogP contribution in [0.5, 0.6) is 5.75 Å². The first kappa shape index (κ1) is 38.9. The van der Waals surface area contributed by atoms with Crippen LogP contribution in [0.15, 0.2) is 60.7 Å². The number of benzene rings is 5. The number of ether oxygens (including phenoxy) is 1. The maximum absolute atomic E-state index is 15.8. The van der Waals surface area contributed by atoms with Crippen LogP contribution in [0.3, 0.4) is 0 Å². The molecule has 5 aromatic rings. The lowest BCUT2D eigenvalue weighted by Crippen LogP contribution is -2.25. The predicted molar refractivity (Wildman–Crippen MR) is 184 cm³/mol. The van der Waals surface area contributed by atoms with Gasteiger partial charge >= 0.3 is 12.3 Å². The van der Waals surface area contributed by atoms with Gasteiger partial charge in [0, 0.05) is 16.7 Å². The average molecular weight is 763 g/mol. The number of rotatable bonds is 10. The molecule has 0 unspecified atom stereocenters. The fourth-order valence-electron chi connectivity index (χ4n) is 7.33. The molecule has 6 rings (SSSR count). The molecule has 0 saturated heterocycles. The van der Waals surface area contributed by atoms with Crippen LogP contribution in [-0.2, 0) is 6.11 Å². The molecule has 1 fully saturated rings. The van der Waals surface area contributed by atoms with Crippen LogP contribution < -0.4 is 4.74 Å². The molecule has 284 valence electrons. The summed E-state index contributed by atoms with van der Waals surface area (Å²) in [4.78, 5) is 0. The van der Waals surface area contributed by atoms with Crippen LogP contribution in [0.25, 0.3) is 32.7 Å². The van der Waals surface area contributed by atoms with E-state index in [1.807, 2.05) is 0 Å². The smallest absolute Gasteiger partial charge is 0.429 e. The molecule has 0 radical (unpaired) electrons. The standard InChI is InChI=1S/C42H33F11O/c1-2-3-4-5-6-23-7-9-24(10-8-23)25-11-13-31-26(17-25)20-34(44)37(40(31)48)28-21-35(45)38(36(46)22-28)42(52,53)54-29-12-14-30-27(18-29)19-33(43)32(39(30)47)15-16-41(49,50)51/h11-14,17-24H,2-10H2,1H3. The quantitative estimate of drug-likeness (QED) is 0.0782. The topological polar surface area (TPSA) is 9.23 Å². The summed E-state index contributed by atoms with van der Waals surface area (Å²) < 4.78 is 163. The second-order valence-electron chi connectivity index (χ2n) is 13.7. The van der Waals surface area contributed by atoms with Gasteiger partial charge in [-0.25, -0.2) is 26.3 Å². The van der Waals surface area contributed by atoms with E-state index in [0.717, 1.165) is 49.3 Å². The number of halogens is 11. The van der Waals surface area contributed by atoms with Crippen molar-refractivity contribution in [2.75, 3.05) is 0 Å². The van der Waals surface area contributed by atoms with Gasteiger partial charge in [0.1, 0.15) is 46.2 Å². The minimum Gasteiger partial charge on any atom is -0.429 e. The molecule has 1 nitrogen and oxygen atoms in total. The number of fused-ring (bicyclic) bond motifs is 2. The SMILES string of the molecule is CCCCCCC1CCC(c2ccc3c(F)c(-c4cc(F)c(C(F)(F)Oc5ccc6c(F)c(C#CC(F)(F)F)c(F)cc6c5)c(F)c4)c(F)cc3c2)CC1. The Labute approximate surface area is 304 Å². The van der Waals surface area contributed by atoms with E-state index in [9.17, 15) is 22.0 Å². The van der Waals surface area contributed by atoms with Gasteiger partial charge in [0.25, 0.3) is 0 Å². The highest BCUT2D eigenvalue weighted by molar-refractivity contribution is 5.89. The molecule has 5 aromatic carbocycles. The second-order valence-corrected chi connectivity index (χ2v) is 13.7. The summed E-state index contributed by atoms with van der Waals surface area (Å²) in [5.74, 6) is -7.00. The summed E-state index contributed by atoms with van der Waals surface area (Å²) in [5, 5.41) is -0.735. The van der Waals surface area contributed by atoms with E-state index < -0.39 is 86.0 Å². The monoisotopic (exact) mass is 762 g/mol. The van der Waals surface area contributed by atoms with Gasteiger partial charge in [0.05, 0.1) is 11.1 Å². The zero-order valence-corrected chi connectivity index (χ0v) is 28.9. The highest BCUT2D eigenvalue weighted by Gasteiger charge is 2.41. The van der Waals surface area contributed by atoms with Gasteiger partial charge < -0.3 is 4.74 Å². The molecule has 0 aromatic heterocycles. The van der Waals surface area contributed by atoms with Crippen molar-refractivity contribution in [2.45, 2.75) is 82.9 Å². The van der Waals surface area contributed by atoms with Crippen LogP contribution >= 0.6 is 0 Å². The van der Waals surface area contributed by atoms with E-state index in [2.05, 4.69) is 11.7 Å². The van der Waals surface area contributed by atoms with Crippen molar-refractivity contribution in [1.82, 2.24) is 0 Å². The Balaban J connectivity index is 1.23. The largest absolute Gasteiger partial charge is 0.458 e. The molecular formula is C42H33F11O. The van der Waals surface area contributed by atoms with Crippen LogP contribution in [0.4, 0.5) is 48.3 Å². The zero-order chi connectivity index (χ0) is 38.9. The zero-order valence-electron chi connectivity index (χ0n) is 28.9. The van der Waals surface area contributed by atoms with Crippen molar-refractivity contribution < 1.29 is 53.0 Å². The third-order valence-corrected chi connectivity index (χ3v) is 10.0. The molecule has 0 bridgehead atoms. The van der Waals surface area contributed by atoms with E-state index in [4.69, 9.17) is 0 Å². The number of hydrogen-bond acceptors (Lipinski definition) is 1. The lowest BCUT2D eigenvalue weighted by atomic mass is 9.76. The first-order valence-electron chi connectivity index (χ1n) is 17.6. The Bertz CT molecular complexity index is 2230. The normalized spacial score (nSPS) is 16.4. The Kier molecular flexibility index (Phi) is 11.2. The summed E-state index contributed by atoms with van der Waals surface area (Å²) in [6.07, 6.45) is 0.297. The molecule has 0 heterocycles. The lowest BCUT2D eigenvalue weighted by molar-refractivity contribution is -0.189. The molecule has 1 aliphatic carbocycles. The average Bonchev–Trinajstić information content (AvgIpc) is 3.09. The van der Waals surface area contributed by atoms with Crippen LogP contribution in [-0.4, -0.2) is 6.18 Å². The molecule has 1 saturated carbocycles. The van der Waals surface area contributed by atoms with Crippen molar-refractivity contribution >= 4 is 21.5 Å². The predicted octanol–water partition coefficient (Wildman–Crippen LogP) is 13.8. The maximum atomic E-state index is 15.8. The highest BCUT2D eigenvalue weighted by atomic mass is 19.4. The van der Waals surface area contributed by atoms with Crippen molar-refractivity contribution in [3.05, 3.63) is 112 Å². The summed E-state index contributed by atoms with van der Waals surface area (Å²) in [6.45, 7) is 2.18. The van der Waals surface area contributed by atoms with Crippen molar-refractivity contribution in [3.63, 3.8) is 0 Å². The molecular weight excluding hydrogens is 729 g/mol. The lowest BCUT2D eigenvalue weighted by Gasteiger charge is -2.29. The summed E-state index contributed by atoms with van der Waals surface area (Å²) in [6, 6.07) is 9.33. The highest BCUT2D eigenvalue weighted by Crippen LogP contribution is 2.42. The van der Waals surface area contributed by atoms with E-state index >= 15 is 26.3 Å². The summed E-state index contributed by atoms with van der Waals surface area (Å²) in [7, 11) is 0. The van der Waals surface area contributed by atoms with Gasteiger partial charge in [-0.15, -0.1) is 0 Å². The molecule has 0 N–H and O–H groups in total. The van der Waals surface area contributed by atoms with Gasteiger partial charge in [-0.05, 0) is 102 Å². The molecule has 1 aliphatic rings. The van der Waals surface area contributed by atoms with Crippen LogP contribution in [0.2, 0.25) is 0 Å². The molecule has 0 spiro atoms. The minimum absolute atomic E-state index is 0.0259. The van der Waals surface area contributed by atoms with Gasteiger partial charge in [-0.1, -0.05) is 63.1 Å². The fraction of sp³-hybridized carbons (Fsp3) is 0.333. The maximum Gasteiger partial charge on any atom is 0.458 e. The van der Waals surface area contributed by atoms with Crippen LogP contribution in [0, 0.1) is 52.7 Å². The minimum atomic E-state index is -5.05. The number of hydrogen-bond donors (Lipinski definition) is 0. The first-order valence-corrected chi connectivity index (χ1v) is 17.6. The molecule has 12 heteroatoms. The van der Waals surface area contributed by atoms with E-state index in [1.54, 1.807) is 12.1 Å². The Morgan fingerprint density at radius 3 is 1.96 bits per heavy atom. The van der Waals surface area contributed by atoms with Crippen molar-refractivity contribution in [2.24, 2.45) is 5.92 Å². The molecule has 0 atom stereocenters. The summed E-state index contributed by atoms with van der Waals surface area (Å²) in [5.41, 5.74) is -3.71. The van der Waals surface area contributed by atoms with Crippen molar-refractivity contribution in [3.8, 4) is 28.7 Å². The summed E-state index contributed by atoms with van der Waals surface area (Å²) >= 11 is 0. The molecule has 54 heavy (non-hydrogen) atoms. The van der Waals surface area contributed by atoms with E-state index in [1.165, 1.54) is 44.1 Å². The van der Waals surface area contributed by atoms with Gasteiger partial charge in [-0.2, -0.15) is 22.0 Å². The van der Waals surface area contributed by atoms with Gasteiger partial charge in [0.15, 0.2) is 0 Å². The van der Waals surface area contributed by atoms with Crippen LogP contribution in [0.1, 0.15) is 87.3 Å². The Morgan fingerprint density at radius 1 is 0.667 bits per heavy atom. The van der Waals surface area contributed by atoms with E-state index in [0.29, 0.717) is 36.2 Å². The first-order chi connectivity index (χ1) is 25.6. The number of unbranched alkanes of at least 4 members (excludes halogenated alkanes) is 3. The molecule has 0 aliphatic heterocycles. The van der Waals surface area contributed by atoms with Gasteiger partial charge in [0.2, 0.25) is 0 Å². The third kappa shape index (κ3) is 8.30.